The second kappa shape index (κ2) is 10.3. The Hall–Kier alpha value is -2.74. The van der Waals surface area contributed by atoms with E-state index < -0.39 is 0 Å². The van der Waals surface area contributed by atoms with Gasteiger partial charge in [0, 0.05) is 44.3 Å². The van der Waals surface area contributed by atoms with E-state index in [1.807, 2.05) is 12.1 Å². The number of benzene rings is 2. The van der Waals surface area contributed by atoms with Gasteiger partial charge in [-0.15, -0.1) is 0 Å². The third-order valence-electron chi connectivity index (χ3n) is 6.78. The minimum absolute atomic E-state index is 0.0210. The fourth-order valence-electron chi connectivity index (χ4n) is 4.83. The van der Waals surface area contributed by atoms with Gasteiger partial charge in [-0.25, -0.2) is 4.98 Å². The standard InChI is InChI=1S/C26H28ClN5OS/c27-22-16-23(32-13-10-19-6-4-5-7-20(19)17-32)30-24(29-22)31-25(34)28-18-26(11-14-33-15-12-26)21-8-2-1-3-9-21/h1-9,16H,10-15,17-18H2,(H2,28,29,30,31,34). The van der Waals surface area contributed by atoms with Gasteiger partial charge in [0.1, 0.15) is 11.0 Å². The van der Waals surface area contributed by atoms with Crippen LogP contribution in [0.4, 0.5) is 11.8 Å². The zero-order valence-corrected chi connectivity index (χ0v) is 20.5. The molecule has 0 radical (unpaired) electrons. The quantitative estimate of drug-likeness (QED) is 0.393. The van der Waals surface area contributed by atoms with Crippen molar-refractivity contribution < 1.29 is 4.74 Å². The average molecular weight is 494 g/mol. The molecule has 0 atom stereocenters. The number of aromatic nitrogens is 2. The van der Waals surface area contributed by atoms with Gasteiger partial charge in [-0.1, -0.05) is 66.2 Å². The number of hydrogen-bond acceptors (Lipinski definition) is 5. The van der Waals surface area contributed by atoms with Gasteiger partial charge in [0.05, 0.1) is 0 Å². The molecule has 1 saturated heterocycles. The van der Waals surface area contributed by atoms with Crippen molar-refractivity contribution in [2.45, 2.75) is 31.2 Å². The molecule has 0 spiro atoms. The third kappa shape index (κ3) is 5.17. The van der Waals surface area contributed by atoms with Crippen LogP contribution in [0.3, 0.4) is 0 Å². The Bertz CT molecular complexity index is 1150. The fourth-order valence-corrected chi connectivity index (χ4v) is 5.17. The van der Waals surface area contributed by atoms with Gasteiger partial charge in [-0.2, -0.15) is 4.98 Å². The van der Waals surface area contributed by atoms with E-state index in [1.165, 1.54) is 16.7 Å². The molecular formula is C26H28ClN5OS. The van der Waals surface area contributed by atoms with E-state index in [4.69, 9.17) is 33.5 Å². The number of hydrogen-bond donors (Lipinski definition) is 2. The summed E-state index contributed by atoms with van der Waals surface area (Å²) in [6.45, 7) is 3.89. The number of rotatable bonds is 5. The van der Waals surface area contributed by atoms with Crippen molar-refractivity contribution in [2.24, 2.45) is 0 Å². The Kier molecular flexibility index (Phi) is 6.94. The van der Waals surface area contributed by atoms with Crippen LogP contribution in [0.15, 0.2) is 60.7 Å². The molecule has 0 bridgehead atoms. The molecule has 34 heavy (non-hydrogen) atoms. The van der Waals surface area contributed by atoms with Crippen LogP contribution in [0.1, 0.15) is 29.5 Å². The molecule has 3 heterocycles. The fraction of sp³-hybridized carbons (Fsp3) is 0.346. The molecule has 2 aromatic carbocycles. The van der Waals surface area contributed by atoms with Crippen molar-refractivity contribution in [3.63, 3.8) is 0 Å². The number of fused-ring (bicyclic) bond motifs is 1. The minimum Gasteiger partial charge on any atom is -0.381 e. The lowest BCUT2D eigenvalue weighted by molar-refractivity contribution is 0.0515. The Balaban J connectivity index is 1.26. The van der Waals surface area contributed by atoms with Crippen molar-refractivity contribution in [1.82, 2.24) is 15.3 Å². The smallest absolute Gasteiger partial charge is 0.232 e. The summed E-state index contributed by atoms with van der Waals surface area (Å²) in [5.74, 6) is 1.20. The molecule has 2 aliphatic heterocycles. The number of ether oxygens (including phenoxy) is 1. The SMILES string of the molecule is S=C(NCC1(c2ccccc2)CCOCC1)Nc1nc(Cl)cc(N2CCc3ccccc3C2)n1. The third-order valence-corrected chi connectivity index (χ3v) is 7.22. The van der Waals surface area contributed by atoms with Crippen LogP contribution in [0.2, 0.25) is 5.15 Å². The topological polar surface area (TPSA) is 62.3 Å². The molecule has 176 valence electrons. The molecule has 2 N–H and O–H groups in total. The van der Waals surface area contributed by atoms with Crippen LogP contribution in [0, 0.1) is 0 Å². The molecule has 3 aromatic rings. The molecule has 1 aromatic heterocycles. The first kappa shape index (κ1) is 23.0. The highest BCUT2D eigenvalue weighted by Crippen LogP contribution is 2.34. The average Bonchev–Trinajstić information content (AvgIpc) is 2.88. The van der Waals surface area contributed by atoms with Gasteiger partial charge in [0.25, 0.3) is 0 Å². The minimum atomic E-state index is -0.0210. The summed E-state index contributed by atoms with van der Waals surface area (Å²) in [6, 6.07) is 20.9. The Morgan fingerprint density at radius 2 is 1.76 bits per heavy atom. The summed E-state index contributed by atoms with van der Waals surface area (Å²) in [4.78, 5) is 11.3. The number of halogens is 1. The molecule has 0 saturated carbocycles. The predicted octanol–water partition coefficient (Wildman–Crippen LogP) is 4.73. The van der Waals surface area contributed by atoms with Crippen molar-refractivity contribution in [2.75, 3.05) is 36.5 Å². The number of nitrogens with one attached hydrogen (secondary N) is 2. The van der Waals surface area contributed by atoms with E-state index in [0.29, 0.717) is 22.8 Å². The molecule has 6 nitrogen and oxygen atoms in total. The normalized spacial score (nSPS) is 17.0. The van der Waals surface area contributed by atoms with Gasteiger partial charge >= 0.3 is 0 Å². The van der Waals surface area contributed by atoms with Crippen LogP contribution in [0.5, 0.6) is 0 Å². The second-order valence-corrected chi connectivity index (χ2v) is 9.67. The first-order valence-electron chi connectivity index (χ1n) is 11.7. The number of anilines is 2. The molecule has 0 aliphatic carbocycles. The lowest BCUT2D eigenvalue weighted by Gasteiger charge is -2.38. The summed E-state index contributed by atoms with van der Waals surface area (Å²) in [5, 5.41) is 7.42. The van der Waals surface area contributed by atoms with Crippen molar-refractivity contribution in [1.29, 1.82) is 0 Å². The van der Waals surface area contributed by atoms with Crippen molar-refractivity contribution >= 4 is 40.7 Å². The van der Waals surface area contributed by atoms with Crippen LogP contribution < -0.4 is 15.5 Å². The maximum atomic E-state index is 6.36. The summed E-state index contributed by atoms with van der Waals surface area (Å²) >= 11 is 12.0. The van der Waals surface area contributed by atoms with Gasteiger partial charge in [-0.05, 0) is 48.2 Å². The highest BCUT2D eigenvalue weighted by atomic mass is 35.5. The zero-order valence-electron chi connectivity index (χ0n) is 19.0. The molecule has 0 unspecified atom stereocenters. The lowest BCUT2D eigenvalue weighted by Crippen LogP contribution is -2.45. The van der Waals surface area contributed by atoms with E-state index in [2.05, 4.69) is 69.0 Å². The van der Waals surface area contributed by atoms with E-state index in [-0.39, 0.29) is 5.41 Å². The first-order chi connectivity index (χ1) is 16.6. The maximum absolute atomic E-state index is 6.36. The molecule has 2 aliphatic rings. The van der Waals surface area contributed by atoms with Gasteiger partial charge < -0.3 is 20.3 Å². The first-order valence-corrected chi connectivity index (χ1v) is 12.4. The van der Waals surface area contributed by atoms with Crippen LogP contribution in [0.25, 0.3) is 0 Å². The van der Waals surface area contributed by atoms with E-state index in [1.54, 1.807) is 0 Å². The van der Waals surface area contributed by atoms with Gasteiger partial charge in [0.2, 0.25) is 5.95 Å². The Labute approximate surface area is 210 Å². The monoisotopic (exact) mass is 493 g/mol. The predicted molar refractivity (Wildman–Crippen MR) is 141 cm³/mol. The Morgan fingerprint density at radius 1 is 1.03 bits per heavy atom. The van der Waals surface area contributed by atoms with E-state index >= 15 is 0 Å². The summed E-state index contributed by atoms with van der Waals surface area (Å²) in [7, 11) is 0. The number of nitrogens with zero attached hydrogens (tertiary/aromatic N) is 3. The maximum Gasteiger partial charge on any atom is 0.232 e. The highest BCUT2D eigenvalue weighted by Gasteiger charge is 2.34. The van der Waals surface area contributed by atoms with Gasteiger partial charge in [-0.3, -0.25) is 0 Å². The lowest BCUT2D eigenvalue weighted by atomic mass is 9.74. The second-order valence-electron chi connectivity index (χ2n) is 8.88. The van der Waals surface area contributed by atoms with Crippen molar-refractivity contribution in [3.05, 3.63) is 82.5 Å². The van der Waals surface area contributed by atoms with Crippen LogP contribution >= 0.6 is 23.8 Å². The van der Waals surface area contributed by atoms with Crippen molar-refractivity contribution in [3.8, 4) is 0 Å². The summed E-state index contributed by atoms with van der Waals surface area (Å²) in [6.07, 6.45) is 2.87. The van der Waals surface area contributed by atoms with Crippen LogP contribution in [-0.2, 0) is 23.1 Å². The molecule has 0 amide bonds. The van der Waals surface area contributed by atoms with E-state index in [9.17, 15) is 0 Å². The summed E-state index contributed by atoms with van der Waals surface area (Å²) in [5.41, 5.74) is 3.99. The molecule has 1 fully saturated rings. The zero-order chi connectivity index (χ0) is 23.4. The van der Waals surface area contributed by atoms with E-state index in [0.717, 1.165) is 51.4 Å². The van der Waals surface area contributed by atoms with Gasteiger partial charge in [0.15, 0.2) is 5.11 Å². The molecule has 5 rings (SSSR count). The molecule has 8 heteroatoms. The highest BCUT2D eigenvalue weighted by molar-refractivity contribution is 7.80. The number of thiocarbonyl (C=S) groups is 1. The Morgan fingerprint density at radius 3 is 2.56 bits per heavy atom. The largest absolute Gasteiger partial charge is 0.381 e. The summed E-state index contributed by atoms with van der Waals surface area (Å²) < 4.78 is 5.64. The molecular weight excluding hydrogens is 466 g/mol. The van der Waals surface area contributed by atoms with Crippen LogP contribution in [-0.4, -0.2) is 41.4 Å².